The van der Waals surface area contributed by atoms with Gasteiger partial charge in [-0.05, 0) is 24.9 Å². The van der Waals surface area contributed by atoms with Crippen LogP contribution in [0.1, 0.15) is 13.3 Å². The minimum absolute atomic E-state index is 0.00367. The first-order chi connectivity index (χ1) is 9.26. The molecule has 2 N–H and O–H groups in total. The number of anilines is 1. The standard InChI is InChI=1S/C16H20N2O/c1-3-12(11-17-2)16(19)18-15-10-6-8-13-7-4-5-9-14(13)15/h4-10,12,17H,3,11H2,1-2H3,(H,18,19). The SMILES string of the molecule is CCC(CNC)C(=O)Nc1cccc2ccccc12. The molecule has 1 atom stereocenters. The molecule has 0 aliphatic carbocycles. The van der Waals surface area contributed by atoms with Crippen molar-refractivity contribution >= 4 is 22.4 Å². The van der Waals surface area contributed by atoms with E-state index in [-0.39, 0.29) is 11.8 Å². The number of carbonyl (C=O) groups excluding carboxylic acids is 1. The summed E-state index contributed by atoms with van der Waals surface area (Å²) in [6.07, 6.45) is 0.831. The second-order valence-electron chi connectivity index (χ2n) is 4.68. The van der Waals surface area contributed by atoms with E-state index in [1.165, 1.54) is 0 Å². The Balaban J connectivity index is 2.23. The van der Waals surface area contributed by atoms with Crippen molar-refractivity contribution in [3.05, 3.63) is 42.5 Å². The summed E-state index contributed by atoms with van der Waals surface area (Å²) in [6.45, 7) is 2.73. The molecule has 0 heterocycles. The Morgan fingerprint density at radius 2 is 1.89 bits per heavy atom. The van der Waals surface area contributed by atoms with Gasteiger partial charge in [-0.3, -0.25) is 4.79 Å². The number of rotatable bonds is 5. The van der Waals surface area contributed by atoms with Gasteiger partial charge in [0.25, 0.3) is 0 Å². The van der Waals surface area contributed by atoms with E-state index in [0.29, 0.717) is 6.54 Å². The lowest BCUT2D eigenvalue weighted by Gasteiger charge is -2.15. The maximum Gasteiger partial charge on any atom is 0.228 e. The van der Waals surface area contributed by atoms with Crippen LogP contribution in [-0.2, 0) is 4.79 Å². The van der Waals surface area contributed by atoms with Crippen molar-refractivity contribution in [1.29, 1.82) is 0 Å². The average molecular weight is 256 g/mol. The molecule has 19 heavy (non-hydrogen) atoms. The fraction of sp³-hybridized carbons (Fsp3) is 0.312. The van der Waals surface area contributed by atoms with E-state index in [4.69, 9.17) is 0 Å². The van der Waals surface area contributed by atoms with Crippen LogP contribution in [0.25, 0.3) is 10.8 Å². The van der Waals surface area contributed by atoms with Crippen molar-refractivity contribution in [3.8, 4) is 0 Å². The van der Waals surface area contributed by atoms with Gasteiger partial charge in [0.1, 0.15) is 0 Å². The van der Waals surface area contributed by atoms with Crippen LogP contribution in [0, 0.1) is 5.92 Å². The molecule has 0 fully saturated rings. The largest absolute Gasteiger partial charge is 0.325 e. The van der Waals surface area contributed by atoms with Crippen molar-refractivity contribution in [1.82, 2.24) is 5.32 Å². The van der Waals surface area contributed by atoms with Crippen LogP contribution in [0.2, 0.25) is 0 Å². The Morgan fingerprint density at radius 3 is 2.63 bits per heavy atom. The molecule has 0 saturated heterocycles. The summed E-state index contributed by atoms with van der Waals surface area (Å²) in [7, 11) is 1.87. The highest BCUT2D eigenvalue weighted by atomic mass is 16.1. The number of carbonyl (C=O) groups is 1. The summed E-state index contributed by atoms with van der Waals surface area (Å²) in [5, 5.41) is 8.33. The molecule has 2 aromatic carbocycles. The minimum Gasteiger partial charge on any atom is -0.325 e. The highest BCUT2D eigenvalue weighted by molar-refractivity contribution is 6.02. The Morgan fingerprint density at radius 1 is 1.16 bits per heavy atom. The van der Waals surface area contributed by atoms with Gasteiger partial charge < -0.3 is 10.6 Å². The normalized spacial score (nSPS) is 12.3. The smallest absolute Gasteiger partial charge is 0.228 e. The van der Waals surface area contributed by atoms with Gasteiger partial charge in [0.2, 0.25) is 5.91 Å². The van der Waals surface area contributed by atoms with E-state index in [0.717, 1.165) is 22.9 Å². The van der Waals surface area contributed by atoms with E-state index in [1.54, 1.807) is 0 Å². The van der Waals surface area contributed by atoms with Crippen LogP contribution in [0.3, 0.4) is 0 Å². The highest BCUT2D eigenvalue weighted by Crippen LogP contribution is 2.23. The van der Waals surface area contributed by atoms with Gasteiger partial charge in [-0.25, -0.2) is 0 Å². The van der Waals surface area contributed by atoms with Crippen molar-refractivity contribution in [2.45, 2.75) is 13.3 Å². The number of fused-ring (bicyclic) bond motifs is 1. The maximum atomic E-state index is 12.2. The van der Waals surface area contributed by atoms with Gasteiger partial charge in [0, 0.05) is 17.6 Å². The molecule has 2 rings (SSSR count). The van der Waals surface area contributed by atoms with E-state index < -0.39 is 0 Å². The van der Waals surface area contributed by atoms with Crippen LogP contribution in [-0.4, -0.2) is 19.5 Å². The number of hydrogen-bond donors (Lipinski definition) is 2. The molecule has 2 aromatic rings. The number of nitrogens with one attached hydrogen (secondary N) is 2. The van der Waals surface area contributed by atoms with Gasteiger partial charge in [0.05, 0.1) is 5.92 Å². The maximum absolute atomic E-state index is 12.2. The Hall–Kier alpha value is -1.87. The number of benzene rings is 2. The molecule has 0 aromatic heterocycles. The molecule has 0 saturated carbocycles. The number of amides is 1. The zero-order chi connectivity index (χ0) is 13.7. The molecule has 100 valence electrons. The van der Waals surface area contributed by atoms with E-state index in [2.05, 4.69) is 22.8 Å². The summed E-state index contributed by atoms with van der Waals surface area (Å²) in [5.41, 5.74) is 0.887. The molecule has 3 nitrogen and oxygen atoms in total. The molecule has 3 heteroatoms. The molecule has 0 spiro atoms. The zero-order valence-electron chi connectivity index (χ0n) is 11.4. The first kappa shape index (κ1) is 13.6. The van der Waals surface area contributed by atoms with Crippen LogP contribution in [0.5, 0.6) is 0 Å². The first-order valence-electron chi connectivity index (χ1n) is 6.69. The predicted octanol–water partition coefficient (Wildman–Crippen LogP) is 3.02. The Labute approximate surface area is 114 Å². The molecular formula is C16H20N2O. The second-order valence-corrected chi connectivity index (χ2v) is 4.68. The monoisotopic (exact) mass is 256 g/mol. The number of hydrogen-bond acceptors (Lipinski definition) is 2. The van der Waals surface area contributed by atoms with Gasteiger partial charge in [-0.15, -0.1) is 0 Å². The highest BCUT2D eigenvalue weighted by Gasteiger charge is 2.16. The Bertz CT molecular complexity index is 560. The molecular weight excluding hydrogens is 236 g/mol. The third kappa shape index (κ3) is 3.12. The van der Waals surface area contributed by atoms with E-state index in [1.807, 2.05) is 44.3 Å². The third-order valence-corrected chi connectivity index (χ3v) is 3.36. The zero-order valence-corrected chi connectivity index (χ0v) is 11.4. The summed E-state index contributed by atoms with van der Waals surface area (Å²) >= 11 is 0. The topological polar surface area (TPSA) is 41.1 Å². The lowest BCUT2D eigenvalue weighted by atomic mass is 10.0. The fourth-order valence-corrected chi connectivity index (χ4v) is 2.24. The lowest BCUT2D eigenvalue weighted by Crippen LogP contribution is -2.30. The van der Waals surface area contributed by atoms with Gasteiger partial charge in [-0.2, -0.15) is 0 Å². The van der Waals surface area contributed by atoms with Crippen LogP contribution in [0.4, 0.5) is 5.69 Å². The Kier molecular flexibility index (Phi) is 4.53. The summed E-state index contributed by atoms with van der Waals surface area (Å²) in [4.78, 5) is 12.2. The van der Waals surface area contributed by atoms with Crippen molar-refractivity contribution in [3.63, 3.8) is 0 Å². The molecule has 0 aliphatic heterocycles. The van der Waals surface area contributed by atoms with Gasteiger partial charge >= 0.3 is 0 Å². The summed E-state index contributed by atoms with van der Waals surface area (Å²) in [6, 6.07) is 14.0. The van der Waals surface area contributed by atoms with Crippen molar-refractivity contribution < 1.29 is 4.79 Å². The average Bonchev–Trinajstić information content (AvgIpc) is 2.45. The van der Waals surface area contributed by atoms with E-state index >= 15 is 0 Å². The van der Waals surface area contributed by atoms with Crippen molar-refractivity contribution in [2.75, 3.05) is 18.9 Å². The quantitative estimate of drug-likeness (QED) is 0.863. The first-order valence-corrected chi connectivity index (χ1v) is 6.69. The van der Waals surface area contributed by atoms with Gasteiger partial charge in [-0.1, -0.05) is 43.3 Å². The molecule has 0 radical (unpaired) electrons. The molecule has 0 bridgehead atoms. The summed E-state index contributed by atoms with van der Waals surface area (Å²) in [5.74, 6) is 0.0807. The van der Waals surface area contributed by atoms with E-state index in [9.17, 15) is 4.79 Å². The summed E-state index contributed by atoms with van der Waals surface area (Å²) < 4.78 is 0. The molecule has 1 amide bonds. The lowest BCUT2D eigenvalue weighted by molar-refractivity contribution is -0.119. The molecule has 1 unspecified atom stereocenters. The molecule has 0 aliphatic rings. The predicted molar refractivity (Wildman–Crippen MR) is 80.3 cm³/mol. The van der Waals surface area contributed by atoms with Crippen LogP contribution < -0.4 is 10.6 Å². The minimum atomic E-state index is 0.00367. The van der Waals surface area contributed by atoms with Crippen molar-refractivity contribution in [2.24, 2.45) is 5.92 Å². The van der Waals surface area contributed by atoms with Gasteiger partial charge in [0.15, 0.2) is 0 Å². The fourth-order valence-electron chi connectivity index (χ4n) is 2.24. The van der Waals surface area contributed by atoms with Crippen LogP contribution >= 0.6 is 0 Å². The third-order valence-electron chi connectivity index (χ3n) is 3.36. The van der Waals surface area contributed by atoms with Crippen LogP contribution in [0.15, 0.2) is 42.5 Å². The second kappa shape index (κ2) is 6.34.